The van der Waals surface area contributed by atoms with E-state index < -0.39 is 11.9 Å². The highest BCUT2D eigenvalue weighted by molar-refractivity contribution is 6.01. The van der Waals surface area contributed by atoms with Crippen LogP contribution < -0.4 is 20.1 Å². The van der Waals surface area contributed by atoms with Gasteiger partial charge in [-0.15, -0.1) is 0 Å². The van der Waals surface area contributed by atoms with Crippen molar-refractivity contribution in [1.82, 2.24) is 15.3 Å². The Balaban J connectivity index is 1.80. The van der Waals surface area contributed by atoms with Crippen molar-refractivity contribution in [3.63, 3.8) is 0 Å². The van der Waals surface area contributed by atoms with E-state index in [1.807, 2.05) is 38.1 Å². The van der Waals surface area contributed by atoms with Crippen molar-refractivity contribution in [2.75, 3.05) is 19.5 Å². The number of H-pyrrole nitrogens is 1. The largest absolute Gasteiger partial charge is 0.497 e. The Hall–Kier alpha value is -3.55. The van der Waals surface area contributed by atoms with Gasteiger partial charge in [0.2, 0.25) is 11.9 Å². The zero-order valence-electron chi connectivity index (χ0n) is 17.5. The lowest BCUT2D eigenvalue weighted by atomic mass is 9.98. The minimum absolute atomic E-state index is 0.0918. The topological polar surface area (TPSA) is 105 Å². The van der Waals surface area contributed by atoms with Gasteiger partial charge in [-0.1, -0.05) is 32.4 Å². The van der Waals surface area contributed by atoms with Gasteiger partial charge in [-0.05, 0) is 30.2 Å². The van der Waals surface area contributed by atoms with Crippen molar-refractivity contribution < 1.29 is 19.1 Å². The quantitative estimate of drug-likeness (QED) is 0.528. The number of rotatable bonds is 8. The number of ether oxygens (including phenoxy) is 2. The van der Waals surface area contributed by atoms with E-state index >= 15 is 0 Å². The van der Waals surface area contributed by atoms with Crippen molar-refractivity contribution in [3.05, 3.63) is 48.0 Å². The van der Waals surface area contributed by atoms with Crippen LogP contribution in [0.4, 0.5) is 5.95 Å². The van der Waals surface area contributed by atoms with Gasteiger partial charge in [0, 0.05) is 11.6 Å². The number of methoxy groups -OCH3 is 2. The lowest BCUT2D eigenvalue weighted by molar-refractivity contribution is -0.119. The Bertz CT molecular complexity index is 991. The monoisotopic (exact) mass is 410 g/mol. The molecule has 0 aliphatic heterocycles. The molecular formula is C22H26N4O4. The maximum Gasteiger partial charge on any atom is 0.252 e. The van der Waals surface area contributed by atoms with Crippen LogP contribution in [0.3, 0.4) is 0 Å². The molecule has 1 heterocycles. The average molecular weight is 410 g/mol. The number of amides is 2. The molecule has 0 aliphatic rings. The second-order valence-corrected chi connectivity index (χ2v) is 7.03. The van der Waals surface area contributed by atoms with E-state index in [0.29, 0.717) is 29.4 Å². The van der Waals surface area contributed by atoms with Crippen molar-refractivity contribution in [2.24, 2.45) is 5.92 Å². The maximum absolute atomic E-state index is 13.0. The van der Waals surface area contributed by atoms with Crippen LogP contribution in [-0.2, 0) is 4.79 Å². The van der Waals surface area contributed by atoms with Crippen LogP contribution in [0.5, 0.6) is 11.5 Å². The molecule has 1 aromatic heterocycles. The Morgan fingerprint density at radius 1 is 1.10 bits per heavy atom. The van der Waals surface area contributed by atoms with Gasteiger partial charge in [0.25, 0.3) is 5.91 Å². The first-order valence-corrected chi connectivity index (χ1v) is 9.74. The predicted octanol–water partition coefficient (Wildman–Crippen LogP) is 3.36. The van der Waals surface area contributed by atoms with E-state index in [0.717, 1.165) is 11.0 Å². The number of imidazole rings is 1. The van der Waals surface area contributed by atoms with Crippen LogP contribution in [0, 0.1) is 5.92 Å². The number of hydrogen-bond acceptors (Lipinski definition) is 5. The molecule has 0 radical (unpaired) electrons. The number of nitrogens with one attached hydrogen (secondary N) is 3. The zero-order chi connectivity index (χ0) is 21.7. The Kier molecular flexibility index (Phi) is 6.56. The molecule has 0 bridgehead atoms. The Morgan fingerprint density at radius 2 is 1.77 bits per heavy atom. The van der Waals surface area contributed by atoms with Crippen molar-refractivity contribution in [3.8, 4) is 11.5 Å². The van der Waals surface area contributed by atoms with Crippen LogP contribution >= 0.6 is 0 Å². The summed E-state index contributed by atoms with van der Waals surface area (Å²) in [5.41, 5.74) is 1.91. The normalized spacial score (nSPS) is 12.8. The average Bonchev–Trinajstić information content (AvgIpc) is 3.18. The van der Waals surface area contributed by atoms with E-state index in [1.54, 1.807) is 18.2 Å². The predicted molar refractivity (Wildman–Crippen MR) is 115 cm³/mol. The number of nitrogens with zero attached hydrogens (tertiary/aromatic N) is 1. The number of hydrogen-bond donors (Lipinski definition) is 3. The number of benzene rings is 2. The molecule has 0 saturated heterocycles. The van der Waals surface area contributed by atoms with Gasteiger partial charge in [0.05, 0.1) is 25.3 Å². The second-order valence-electron chi connectivity index (χ2n) is 7.03. The number of fused-ring (bicyclic) bond motifs is 1. The summed E-state index contributed by atoms with van der Waals surface area (Å²) < 4.78 is 10.4. The van der Waals surface area contributed by atoms with Crippen molar-refractivity contribution in [1.29, 1.82) is 0 Å². The van der Waals surface area contributed by atoms with Crippen LogP contribution in [0.2, 0.25) is 0 Å². The molecule has 0 aliphatic carbocycles. The molecule has 8 heteroatoms. The number of carbonyl (C=O) groups excluding carboxylic acids is 2. The van der Waals surface area contributed by atoms with Gasteiger partial charge in [0.1, 0.15) is 17.5 Å². The highest BCUT2D eigenvalue weighted by Crippen LogP contribution is 2.23. The first-order valence-electron chi connectivity index (χ1n) is 9.74. The summed E-state index contributed by atoms with van der Waals surface area (Å²) in [6.07, 6.45) is 0.708. The lowest BCUT2D eigenvalue weighted by Crippen LogP contribution is -2.47. The van der Waals surface area contributed by atoms with Gasteiger partial charge >= 0.3 is 0 Å². The summed E-state index contributed by atoms with van der Waals surface area (Å²) in [4.78, 5) is 33.3. The molecule has 0 unspecified atom stereocenters. The number of para-hydroxylation sites is 2. The fourth-order valence-corrected chi connectivity index (χ4v) is 3.07. The first kappa shape index (κ1) is 21.2. The summed E-state index contributed by atoms with van der Waals surface area (Å²) in [5, 5.41) is 5.62. The molecule has 8 nitrogen and oxygen atoms in total. The lowest BCUT2D eigenvalue weighted by Gasteiger charge is -2.23. The van der Waals surface area contributed by atoms with E-state index in [-0.39, 0.29) is 11.8 Å². The van der Waals surface area contributed by atoms with Crippen molar-refractivity contribution in [2.45, 2.75) is 26.3 Å². The molecule has 158 valence electrons. The third kappa shape index (κ3) is 4.71. The molecule has 2 atom stereocenters. The van der Waals surface area contributed by atoms with Gasteiger partial charge in [-0.3, -0.25) is 14.9 Å². The summed E-state index contributed by atoms with van der Waals surface area (Å²) in [7, 11) is 3.03. The molecule has 0 fully saturated rings. The summed E-state index contributed by atoms with van der Waals surface area (Å²) in [6, 6.07) is 11.6. The molecular weight excluding hydrogens is 384 g/mol. The fourth-order valence-electron chi connectivity index (χ4n) is 3.07. The van der Waals surface area contributed by atoms with Crippen LogP contribution in [-0.4, -0.2) is 42.0 Å². The van der Waals surface area contributed by atoms with Gasteiger partial charge in [0.15, 0.2) is 0 Å². The van der Waals surface area contributed by atoms with E-state index in [4.69, 9.17) is 9.47 Å². The number of aromatic nitrogens is 2. The minimum atomic E-state index is -0.743. The van der Waals surface area contributed by atoms with Crippen molar-refractivity contribution >= 4 is 28.8 Å². The van der Waals surface area contributed by atoms with Crippen LogP contribution in [0.1, 0.15) is 30.6 Å². The molecule has 0 spiro atoms. The van der Waals surface area contributed by atoms with Gasteiger partial charge < -0.3 is 19.8 Å². The number of carbonyl (C=O) groups is 2. The number of anilines is 1. The maximum atomic E-state index is 13.0. The highest BCUT2D eigenvalue weighted by atomic mass is 16.5. The summed E-state index contributed by atoms with van der Waals surface area (Å²) in [6.45, 7) is 3.88. The summed E-state index contributed by atoms with van der Waals surface area (Å²) in [5.74, 6) is 0.499. The molecule has 2 amide bonds. The van der Waals surface area contributed by atoms with Gasteiger partial charge in [-0.2, -0.15) is 0 Å². The third-order valence-corrected chi connectivity index (χ3v) is 5.03. The van der Waals surface area contributed by atoms with E-state index in [9.17, 15) is 9.59 Å². The molecule has 3 N–H and O–H groups in total. The Morgan fingerprint density at radius 3 is 2.37 bits per heavy atom. The van der Waals surface area contributed by atoms with E-state index in [1.165, 1.54) is 14.2 Å². The fraction of sp³-hybridized carbons (Fsp3) is 0.318. The van der Waals surface area contributed by atoms with Crippen LogP contribution in [0.25, 0.3) is 11.0 Å². The molecule has 3 rings (SSSR count). The van der Waals surface area contributed by atoms with E-state index in [2.05, 4.69) is 20.6 Å². The number of aromatic amines is 1. The molecule has 30 heavy (non-hydrogen) atoms. The van der Waals surface area contributed by atoms with Gasteiger partial charge in [-0.25, -0.2) is 4.98 Å². The standard InChI is InChI=1S/C22H26N4O4/c1-5-13(2)19(21(28)26-22-23-17-8-6-7-9-18(17)24-22)25-20(27)14-10-15(29-3)12-16(11-14)30-4/h6-13,19H,5H2,1-4H3,(H,25,27)(H2,23,24,26,28)/t13-,19-/m0/s1. The molecule has 0 saturated carbocycles. The first-order chi connectivity index (χ1) is 14.4. The second kappa shape index (κ2) is 9.30. The zero-order valence-corrected chi connectivity index (χ0v) is 17.5. The minimum Gasteiger partial charge on any atom is -0.497 e. The molecule has 3 aromatic rings. The highest BCUT2D eigenvalue weighted by Gasteiger charge is 2.27. The SMILES string of the molecule is CC[C@H](C)[C@H](NC(=O)c1cc(OC)cc(OC)c1)C(=O)Nc1nc2ccccc2[nH]1. The Labute approximate surface area is 175 Å². The molecule has 2 aromatic carbocycles. The smallest absolute Gasteiger partial charge is 0.252 e. The summed E-state index contributed by atoms with van der Waals surface area (Å²) >= 11 is 0. The third-order valence-electron chi connectivity index (χ3n) is 5.03. The van der Waals surface area contributed by atoms with Crippen LogP contribution in [0.15, 0.2) is 42.5 Å².